The minimum Gasteiger partial charge on any atom is -0.334 e. The highest BCUT2D eigenvalue weighted by molar-refractivity contribution is 6.10. The van der Waals surface area contributed by atoms with Crippen LogP contribution in [0.3, 0.4) is 0 Å². The van der Waals surface area contributed by atoms with Crippen LogP contribution < -0.4 is 4.90 Å². The van der Waals surface area contributed by atoms with Gasteiger partial charge < -0.3 is 9.80 Å². The van der Waals surface area contributed by atoms with Crippen LogP contribution in [-0.4, -0.2) is 39.7 Å². The summed E-state index contributed by atoms with van der Waals surface area (Å²) in [5.74, 6) is 0.0180. The Bertz CT molecular complexity index is 1220. The van der Waals surface area contributed by atoms with E-state index in [4.69, 9.17) is 0 Å². The third-order valence-corrected chi connectivity index (χ3v) is 7.30. The molecule has 3 amide bonds. The lowest BCUT2D eigenvalue weighted by Crippen LogP contribution is -2.62. The molecule has 36 heavy (non-hydrogen) atoms. The Balaban J connectivity index is 1.30. The lowest BCUT2D eigenvalue weighted by Gasteiger charge is -2.48. The van der Waals surface area contributed by atoms with Gasteiger partial charge in [-0.3, -0.25) is 19.3 Å². The van der Waals surface area contributed by atoms with Gasteiger partial charge in [-0.1, -0.05) is 72.8 Å². The Morgan fingerprint density at radius 2 is 1.44 bits per heavy atom. The standard InChI is InChI=1S/C30H31N3O3/c1-30-19-18-28(35)33(30)26-16-9-8-15-25(26)29(36)32(30)20-10-17-27(34)31(21-23-11-4-2-5-12-23)22-24-13-6-3-7-14-24/h2-9,11-16H,10,17-22H2,1H3. The summed E-state index contributed by atoms with van der Waals surface area (Å²) in [4.78, 5) is 45.1. The SMILES string of the molecule is CC12CCC(=O)N1c1ccccc1C(=O)N2CCCC(=O)N(Cc1ccccc1)Cc1ccccc1. The minimum atomic E-state index is -0.695. The highest BCUT2D eigenvalue weighted by Crippen LogP contribution is 2.44. The summed E-state index contributed by atoms with van der Waals surface area (Å²) in [5, 5.41) is 0. The molecule has 0 aromatic heterocycles. The van der Waals surface area contributed by atoms with E-state index in [0.29, 0.717) is 56.6 Å². The number of benzene rings is 3. The largest absolute Gasteiger partial charge is 0.334 e. The molecule has 2 aliphatic heterocycles. The van der Waals surface area contributed by atoms with Crippen LogP contribution in [0.15, 0.2) is 84.9 Å². The molecule has 0 N–H and O–H groups in total. The van der Waals surface area contributed by atoms with Gasteiger partial charge in [0.15, 0.2) is 0 Å². The van der Waals surface area contributed by atoms with Crippen LogP contribution in [0.1, 0.15) is 54.1 Å². The molecule has 1 unspecified atom stereocenters. The molecule has 2 heterocycles. The second kappa shape index (κ2) is 9.97. The number of amides is 3. The van der Waals surface area contributed by atoms with E-state index in [1.807, 2.05) is 90.7 Å². The maximum absolute atomic E-state index is 13.5. The summed E-state index contributed by atoms with van der Waals surface area (Å²) >= 11 is 0. The van der Waals surface area contributed by atoms with Crippen molar-refractivity contribution in [3.8, 4) is 0 Å². The van der Waals surface area contributed by atoms with Gasteiger partial charge in [-0.15, -0.1) is 0 Å². The average Bonchev–Trinajstić information content (AvgIpc) is 3.21. The minimum absolute atomic E-state index is 0.0374. The van der Waals surface area contributed by atoms with Gasteiger partial charge in [-0.05, 0) is 43.0 Å². The van der Waals surface area contributed by atoms with Crippen molar-refractivity contribution in [2.45, 2.75) is 51.4 Å². The van der Waals surface area contributed by atoms with E-state index in [0.717, 1.165) is 11.1 Å². The predicted molar refractivity (Wildman–Crippen MR) is 139 cm³/mol. The molecule has 1 fully saturated rings. The van der Waals surface area contributed by atoms with Crippen molar-refractivity contribution in [3.63, 3.8) is 0 Å². The second-order valence-electron chi connectivity index (χ2n) is 9.74. The number of nitrogens with zero attached hydrogens (tertiary/aromatic N) is 3. The quantitative estimate of drug-likeness (QED) is 0.455. The lowest BCUT2D eigenvalue weighted by atomic mass is 9.98. The maximum atomic E-state index is 13.5. The van der Waals surface area contributed by atoms with Crippen LogP contribution in [0, 0.1) is 0 Å². The first kappa shape index (κ1) is 23.8. The molecule has 0 saturated carbocycles. The Morgan fingerprint density at radius 3 is 2.08 bits per heavy atom. The number of hydrogen-bond acceptors (Lipinski definition) is 3. The van der Waals surface area contributed by atoms with Crippen LogP contribution >= 0.6 is 0 Å². The van der Waals surface area contributed by atoms with E-state index in [1.54, 1.807) is 15.9 Å². The van der Waals surface area contributed by atoms with E-state index >= 15 is 0 Å². The van der Waals surface area contributed by atoms with Gasteiger partial charge in [0.1, 0.15) is 5.66 Å². The monoisotopic (exact) mass is 481 g/mol. The fourth-order valence-electron chi connectivity index (χ4n) is 5.43. The zero-order valence-corrected chi connectivity index (χ0v) is 20.6. The molecule has 2 aliphatic rings. The predicted octanol–water partition coefficient (Wildman–Crippen LogP) is 4.99. The summed E-state index contributed by atoms with van der Waals surface area (Å²) in [6, 6.07) is 27.3. The number of fused-ring (bicyclic) bond motifs is 3. The summed E-state index contributed by atoms with van der Waals surface area (Å²) in [6.07, 6.45) is 1.86. The third-order valence-electron chi connectivity index (χ3n) is 7.30. The summed E-state index contributed by atoms with van der Waals surface area (Å²) < 4.78 is 0. The van der Waals surface area contributed by atoms with Crippen molar-refractivity contribution >= 4 is 23.4 Å². The molecule has 6 nitrogen and oxygen atoms in total. The Labute approximate surface area is 212 Å². The molecular formula is C30H31N3O3. The number of rotatable bonds is 8. The first-order valence-corrected chi connectivity index (χ1v) is 12.6. The Hall–Kier alpha value is -3.93. The molecule has 0 radical (unpaired) electrons. The molecular weight excluding hydrogens is 450 g/mol. The van der Waals surface area contributed by atoms with E-state index in [-0.39, 0.29) is 17.7 Å². The topological polar surface area (TPSA) is 60.9 Å². The van der Waals surface area contributed by atoms with Gasteiger partial charge in [0, 0.05) is 32.5 Å². The van der Waals surface area contributed by atoms with Crippen LogP contribution in [0.4, 0.5) is 5.69 Å². The molecule has 0 spiro atoms. The molecule has 6 heteroatoms. The second-order valence-corrected chi connectivity index (χ2v) is 9.74. The van der Waals surface area contributed by atoms with E-state index in [2.05, 4.69) is 0 Å². The molecule has 3 aromatic carbocycles. The number of carbonyl (C=O) groups is 3. The van der Waals surface area contributed by atoms with Crippen LogP contribution in [0.25, 0.3) is 0 Å². The molecule has 3 aromatic rings. The highest BCUT2D eigenvalue weighted by atomic mass is 16.2. The third kappa shape index (κ3) is 4.51. The van der Waals surface area contributed by atoms with Crippen LogP contribution in [-0.2, 0) is 22.7 Å². The molecule has 0 aliphatic carbocycles. The van der Waals surface area contributed by atoms with Gasteiger partial charge in [0.2, 0.25) is 11.8 Å². The van der Waals surface area contributed by atoms with Crippen LogP contribution in [0.2, 0.25) is 0 Å². The van der Waals surface area contributed by atoms with Crippen molar-refractivity contribution in [2.75, 3.05) is 11.4 Å². The fourth-order valence-corrected chi connectivity index (χ4v) is 5.43. The summed E-state index contributed by atoms with van der Waals surface area (Å²) in [6.45, 7) is 3.45. The van der Waals surface area contributed by atoms with Gasteiger partial charge in [-0.25, -0.2) is 0 Å². The van der Waals surface area contributed by atoms with Crippen molar-refractivity contribution in [3.05, 3.63) is 102 Å². The van der Waals surface area contributed by atoms with E-state index < -0.39 is 5.66 Å². The maximum Gasteiger partial charge on any atom is 0.257 e. The van der Waals surface area contributed by atoms with Crippen molar-refractivity contribution in [2.24, 2.45) is 0 Å². The molecule has 1 atom stereocenters. The lowest BCUT2D eigenvalue weighted by molar-refractivity contribution is -0.132. The number of anilines is 1. The van der Waals surface area contributed by atoms with Gasteiger partial charge in [0.05, 0.1) is 11.3 Å². The summed E-state index contributed by atoms with van der Waals surface area (Å²) in [5.41, 5.74) is 2.71. The summed E-state index contributed by atoms with van der Waals surface area (Å²) in [7, 11) is 0. The molecule has 0 bridgehead atoms. The van der Waals surface area contributed by atoms with Crippen molar-refractivity contribution < 1.29 is 14.4 Å². The van der Waals surface area contributed by atoms with Crippen molar-refractivity contribution in [1.29, 1.82) is 0 Å². The first-order chi connectivity index (χ1) is 17.5. The van der Waals surface area contributed by atoms with E-state index in [9.17, 15) is 14.4 Å². The first-order valence-electron chi connectivity index (χ1n) is 12.6. The smallest absolute Gasteiger partial charge is 0.257 e. The Morgan fingerprint density at radius 1 is 0.861 bits per heavy atom. The molecule has 1 saturated heterocycles. The number of para-hydroxylation sites is 1. The van der Waals surface area contributed by atoms with Gasteiger partial charge in [0.25, 0.3) is 5.91 Å². The van der Waals surface area contributed by atoms with Gasteiger partial charge >= 0.3 is 0 Å². The molecule has 5 rings (SSSR count). The average molecular weight is 482 g/mol. The normalized spacial score (nSPS) is 18.7. The van der Waals surface area contributed by atoms with E-state index in [1.165, 1.54) is 0 Å². The number of carbonyl (C=O) groups excluding carboxylic acids is 3. The fraction of sp³-hybridized carbons (Fsp3) is 0.300. The van der Waals surface area contributed by atoms with Gasteiger partial charge in [-0.2, -0.15) is 0 Å². The zero-order chi connectivity index (χ0) is 25.1. The Kier molecular flexibility index (Phi) is 6.59. The zero-order valence-electron chi connectivity index (χ0n) is 20.6. The van der Waals surface area contributed by atoms with Crippen molar-refractivity contribution in [1.82, 2.24) is 9.80 Å². The van der Waals surface area contributed by atoms with Crippen LogP contribution in [0.5, 0.6) is 0 Å². The molecule has 184 valence electrons. The number of hydrogen-bond donors (Lipinski definition) is 0. The highest BCUT2D eigenvalue weighted by Gasteiger charge is 2.52.